The Kier molecular flexibility index (Phi) is 4.13. The number of rotatable bonds is 3. The van der Waals surface area contributed by atoms with Gasteiger partial charge in [-0.25, -0.2) is 0 Å². The van der Waals surface area contributed by atoms with Gasteiger partial charge in [-0.3, -0.25) is 14.4 Å². The van der Waals surface area contributed by atoms with Crippen molar-refractivity contribution in [1.82, 2.24) is 10.2 Å². The lowest BCUT2D eigenvalue weighted by Crippen LogP contribution is -2.54. The number of carbonyl (C=O) groups excluding carboxylic acids is 3. The largest absolute Gasteiger partial charge is 0.325 e. The number of nitrogens with one attached hydrogen (secondary N) is 2. The van der Waals surface area contributed by atoms with Crippen LogP contribution in [0.15, 0.2) is 47.7 Å². The molecule has 3 aliphatic heterocycles. The van der Waals surface area contributed by atoms with Crippen molar-refractivity contribution in [2.75, 3.05) is 11.9 Å². The molecule has 1 aromatic carbocycles. The Morgan fingerprint density at radius 1 is 1.22 bits per heavy atom. The van der Waals surface area contributed by atoms with Gasteiger partial charge in [0.25, 0.3) is 5.91 Å². The van der Waals surface area contributed by atoms with Crippen LogP contribution in [0.3, 0.4) is 0 Å². The van der Waals surface area contributed by atoms with E-state index in [0.29, 0.717) is 19.4 Å². The van der Waals surface area contributed by atoms with Crippen LogP contribution in [0.1, 0.15) is 38.7 Å². The predicted octanol–water partition coefficient (Wildman–Crippen LogP) is 2.24. The zero-order valence-corrected chi connectivity index (χ0v) is 15.5. The molecule has 0 aromatic heterocycles. The van der Waals surface area contributed by atoms with Gasteiger partial charge in [-0.2, -0.15) is 0 Å². The summed E-state index contributed by atoms with van der Waals surface area (Å²) >= 11 is 0. The first-order valence-electron chi connectivity index (χ1n) is 9.31. The number of anilines is 1. The van der Waals surface area contributed by atoms with Crippen molar-refractivity contribution < 1.29 is 14.4 Å². The lowest BCUT2D eigenvalue weighted by Gasteiger charge is -2.32. The number of benzene rings is 1. The maximum atomic E-state index is 13.0. The molecule has 6 nitrogen and oxygen atoms in total. The third-order valence-electron chi connectivity index (χ3n) is 5.59. The van der Waals surface area contributed by atoms with E-state index in [1.807, 2.05) is 44.2 Å². The molecule has 6 heteroatoms. The summed E-state index contributed by atoms with van der Waals surface area (Å²) in [5.74, 6) is -0.549. The summed E-state index contributed by atoms with van der Waals surface area (Å²) in [6.07, 6.45) is 5.59. The molecule has 3 amide bonds. The molecule has 0 bridgehead atoms. The highest BCUT2D eigenvalue weighted by atomic mass is 16.2. The summed E-state index contributed by atoms with van der Waals surface area (Å²) in [5, 5.41) is 5.68. The molecule has 2 fully saturated rings. The van der Waals surface area contributed by atoms with E-state index in [1.54, 1.807) is 11.0 Å². The molecule has 2 atom stereocenters. The van der Waals surface area contributed by atoms with E-state index >= 15 is 0 Å². The molecular formula is C21H23N3O3. The van der Waals surface area contributed by atoms with E-state index in [9.17, 15) is 14.4 Å². The fraction of sp³-hybridized carbons (Fsp3) is 0.381. The summed E-state index contributed by atoms with van der Waals surface area (Å²) in [5.41, 5.74) is 1.84. The highest BCUT2D eigenvalue weighted by Crippen LogP contribution is 2.43. The number of hydrogen-bond acceptors (Lipinski definition) is 3. The number of piperazine rings is 1. The molecular weight excluding hydrogens is 342 g/mol. The van der Waals surface area contributed by atoms with Gasteiger partial charge in [-0.05, 0) is 50.8 Å². The maximum absolute atomic E-state index is 13.0. The Bertz CT molecular complexity index is 898. The smallest absolute Gasteiger partial charge is 0.270 e. The molecule has 2 saturated heterocycles. The van der Waals surface area contributed by atoms with Crippen molar-refractivity contribution >= 4 is 23.4 Å². The third kappa shape index (κ3) is 2.76. The van der Waals surface area contributed by atoms with Gasteiger partial charge < -0.3 is 15.5 Å². The Hall–Kier alpha value is -2.89. The molecule has 140 valence electrons. The molecule has 0 saturated carbocycles. The number of fused-ring (bicyclic) bond motifs is 2. The lowest BCUT2D eigenvalue weighted by atomic mass is 9.77. The van der Waals surface area contributed by atoms with Crippen LogP contribution >= 0.6 is 0 Å². The summed E-state index contributed by atoms with van der Waals surface area (Å²) in [6, 6.07) is 7.12. The molecule has 1 aromatic rings. The highest BCUT2D eigenvalue weighted by Gasteiger charge is 2.47. The van der Waals surface area contributed by atoms with Crippen LogP contribution in [-0.4, -0.2) is 35.2 Å². The van der Waals surface area contributed by atoms with Gasteiger partial charge in [0, 0.05) is 12.2 Å². The normalized spacial score (nSPS) is 27.9. The van der Waals surface area contributed by atoms with Crippen LogP contribution in [0.2, 0.25) is 0 Å². The second kappa shape index (κ2) is 6.37. The number of nitrogens with zero attached hydrogens (tertiary/aromatic N) is 1. The Morgan fingerprint density at radius 3 is 2.78 bits per heavy atom. The van der Waals surface area contributed by atoms with Gasteiger partial charge in [0.2, 0.25) is 11.8 Å². The van der Waals surface area contributed by atoms with Crippen molar-refractivity contribution in [1.29, 1.82) is 0 Å². The Labute approximate surface area is 158 Å². The van der Waals surface area contributed by atoms with E-state index in [0.717, 1.165) is 23.2 Å². The minimum Gasteiger partial charge on any atom is -0.325 e. The van der Waals surface area contributed by atoms with Gasteiger partial charge in [0.05, 0.1) is 0 Å². The molecule has 2 N–H and O–H groups in total. The quantitative estimate of drug-likeness (QED) is 0.637. The molecule has 27 heavy (non-hydrogen) atoms. The molecule has 0 radical (unpaired) electrons. The molecule has 0 unspecified atom stereocenters. The molecule has 0 aliphatic carbocycles. The summed E-state index contributed by atoms with van der Waals surface area (Å²) in [7, 11) is 0. The zero-order chi connectivity index (χ0) is 19.2. The first kappa shape index (κ1) is 17.5. The van der Waals surface area contributed by atoms with Gasteiger partial charge >= 0.3 is 0 Å². The van der Waals surface area contributed by atoms with Crippen LogP contribution in [0.25, 0.3) is 0 Å². The molecule has 4 rings (SSSR count). The average Bonchev–Trinajstić information content (AvgIpc) is 3.22. The number of hydrogen-bond donors (Lipinski definition) is 2. The number of carbonyl (C=O) groups is 3. The van der Waals surface area contributed by atoms with Crippen molar-refractivity contribution in [3.63, 3.8) is 0 Å². The SMILES string of the molecule is CC(C)=CC[C@@]1(/C=C2\NC(=O)[C@@H]3CCCN3C2=O)C(=O)Nc2ccccc21. The van der Waals surface area contributed by atoms with Gasteiger partial charge in [0.1, 0.15) is 17.2 Å². The van der Waals surface area contributed by atoms with Gasteiger partial charge in [0.15, 0.2) is 0 Å². The second-order valence-electron chi connectivity index (χ2n) is 7.66. The first-order chi connectivity index (χ1) is 12.9. The van der Waals surface area contributed by atoms with Crippen LogP contribution in [0, 0.1) is 0 Å². The average molecular weight is 365 g/mol. The minimum absolute atomic E-state index is 0.164. The highest BCUT2D eigenvalue weighted by molar-refractivity contribution is 6.10. The number of amides is 3. The summed E-state index contributed by atoms with van der Waals surface area (Å²) in [4.78, 5) is 40.0. The summed E-state index contributed by atoms with van der Waals surface area (Å²) in [6.45, 7) is 4.53. The number of para-hydroxylation sites is 1. The fourth-order valence-corrected chi connectivity index (χ4v) is 4.16. The zero-order valence-electron chi connectivity index (χ0n) is 15.5. The lowest BCUT2D eigenvalue weighted by molar-refractivity contribution is -0.140. The summed E-state index contributed by atoms with van der Waals surface area (Å²) < 4.78 is 0. The Balaban J connectivity index is 1.82. The minimum atomic E-state index is -1.02. The van der Waals surface area contributed by atoms with Crippen molar-refractivity contribution in [2.45, 2.75) is 44.6 Å². The van der Waals surface area contributed by atoms with Gasteiger partial charge in [-0.1, -0.05) is 29.8 Å². The van der Waals surface area contributed by atoms with Crippen LogP contribution < -0.4 is 10.6 Å². The first-order valence-corrected chi connectivity index (χ1v) is 9.31. The fourth-order valence-electron chi connectivity index (χ4n) is 4.16. The van der Waals surface area contributed by atoms with Crippen molar-refractivity contribution in [3.8, 4) is 0 Å². The van der Waals surface area contributed by atoms with E-state index < -0.39 is 5.41 Å². The maximum Gasteiger partial charge on any atom is 0.270 e. The van der Waals surface area contributed by atoms with E-state index in [-0.39, 0.29) is 29.5 Å². The monoisotopic (exact) mass is 365 g/mol. The standard InChI is InChI=1S/C21H23N3O3/c1-13(2)9-10-21(14-6-3-4-7-15(14)23-20(21)27)12-16-19(26)24-11-5-8-17(24)18(25)22-16/h3-4,6-7,9,12,17H,5,8,10-11H2,1-2H3,(H,22,25)(H,23,27)/b16-12-/t17-,21-/m0/s1. The molecule has 3 aliphatic rings. The second-order valence-corrected chi connectivity index (χ2v) is 7.66. The van der Waals surface area contributed by atoms with Crippen molar-refractivity contribution in [3.05, 3.63) is 53.3 Å². The number of allylic oxidation sites excluding steroid dienone is 2. The van der Waals surface area contributed by atoms with Crippen LogP contribution in [0.4, 0.5) is 5.69 Å². The van der Waals surface area contributed by atoms with Crippen LogP contribution in [-0.2, 0) is 19.8 Å². The predicted molar refractivity (Wildman–Crippen MR) is 102 cm³/mol. The van der Waals surface area contributed by atoms with E-state index in [2.05, 4.69) is 10.6 Å². The van der Waals surface area contributed by atoms with Crippen LogP contribution in [0.5, 0.6) is 0 Å². The molecule has 3 heterocycles. The van der Waals surface area contributed by atoms with E-state index in [4.69, 9.17) is 0 Å². The van der Waals surface area contributed by atoms with E-state index in [1.165, 1.54) is 0 Å². The molecule has 0 spiro atoms. The topological polar surface area (TPSA) is 78.5 Å². The van der Waals surface area contributed by atoms with Crippen molar-refractivity contribution in [2.24, 2.45) is 0 Å². The third-order valence-corrected chi connectivity index (χ3v) is 5.59. The Morgan fingerprint density at radius 2 is 2.00 bits per heavy atom. The van der Waals surface area contributed by atoms with Gasteiger partial charge in [-0.15, -0.1) is 0 Å².